The van der Waals surface area contributed by atoms with E-state index < -0.39 is 61.2 Å². The van der Waals surface area contributed by atoms with Gasteiger partial charge in [-0.3, -0.25) is 24.0 Å². The summed E-state index contributed by atoms with van der Waals surface area (Å²) in [5.41, 5.74) is 0.822. The molecule has 0 aromatic heterocycles. The van der Waals surface area contributed by atoms with Gasteiger partial charge in [-0.2, -0.15) is 0 Å². The summed E-state index contributed by atoms with van der Waals surface area (Å²) >= 11 is 0. The van der Waals surface area contributed by atoms with Crippen molar-refractivity contribution in [2.75, 3.05) is 6.61 Å². The van der Waals surface area contributed by atoms with Crippen LogP contribution in [0.2, 0.25) is 0 Å². The number of hydrogen-bond acceptors (Lipinski definition) is 12. The van der Waals surface area contributed by atoms with Crippen LogP contribution in [0.1, 0.15) is 43.6 Å². The highest BCUT2D eigenvalue weighted by atomic mass is 16.7. The molecule has 0 aliphatic carbocycles. The Bertz CT molecular complexity index is 1240. The number of rotatable bonds is 10. The number of phenols is 1. The fourth-order valence-corrected chi connectivity index (χ4v) is 4.11. The van der Waals surface area contributed by atoms with Gasteiger partial charge in [0.2, 0.25) is 12.4 Å². The molecule has 40 heavy (non-hydrogen) atoms. The van der Waals surface area contributed by atoms with Crippen molar-refractivity contribution in [2.24, 2.45) is 0 Å². The molecule has 1 fully saturated rings. The van der Waals surface area contributed by atoms with Crippen LogP contribution in [0.3, 0.4) is 0 Å². The number of carbonyl (C=O) groups is 5. The Balaban J connectivity index is 1.91. The van der Waals surface area contributed by atoms with Gasteiger partial charge in [-0.15, -0.1) is 0 Å². The lowest BCUT2D eigenvalue weighted by Crippen LogP contribution is -2.63. The normalized spacial score (nSPS) is 21.9. The van der Waals surface area contributed by atoms with Crippen molar-refractivity contribution < 1.29 is 57.5 Å². The Morgan fingerprint density at radius 1 is 0.775 bits per heavy atom. The van der Waals surface area contributed by atoms with Gasteiger partial charge < -0.3 is 33.5 Å². The molecule has 0 amide bonds. The predicted molar refractivity (Wildman–Crippen MR) is 135 cm³/mol. The zero-order valence-electron chi connectivity index (χ0n) is 22.4. The van der Waals surface area contributed by atoms with E-state index in [2.05, 4.69) is 0 Å². The highest BCUT2D eigenvalue weighted by Gasteiger charge is 2.53. The van der Waals surface area contributed by atoms with Crippen LogP contribution in [0.5, 0.6) is 11.5 Å². The molecule has 0 unspecified atom stereocenters. The van der Waals surface area contributed by atoms with Crippen LogP contribution in [-0.2, 0) is 49.3 Å². The number of ketones is 1. The largest absolute Gasteiger partial charge is 0.507 e. The van der Waals surface area contributed by atoms with E-state index in [0.29, 0.717) is 0 Å². The van der Waals surface area contributed by atoms with Crippen molar-refractivity contribution >= 4 is 29.7 Å². The number of hydrogen-bond donors (Lipinski definition) is 1. The van der Waals surface area contributed by atoms with Crippen LogP contribution in [0.25, 0.3) is 0 Å². The first-order valence-corrected chi connectivity index (χ1v) is 12.3. The monoisotopic (exact) mass is 558 g/mol. The summed E-state index contributed by atoms with van der Waals surface area (Å²) in [6.45, 7) is 4.06. The van der Waals surface area contributed by atoms with Gasteiger partial charge in [-0.25, -0.2) is 0 Å². The molecule has 214 valence electrons. The van der Waals surface area contributed by atoms with E-state index >= 15 is 0 Å². The first-order valence-electron chi connectivity index (χ1n) is 12.3. The molecule has 1 N–H and O–H groups in total. The number of carbonyl (C=O) groups excluding carboxylic acids is 5. The number of esters is 4. The molecule has 1 aliphatic heterocycles. The number of phenolic OH excluding ortho intramolecular Hbond substituents is 1. The quantitative estimate of drug-likeness (QED) is 0.258. The topological polar surface area (TPSA) is 161 Å². The average Bonchev–Trinajstić information content (AvgIpc) is 2.86. The van der Waals surface area contributed by atoms with Crippen LogP contribution in [0, 0.1) is 0 Å². The number of Topliss-reactive ketones (excluding diaryl/α,β-unsaturated/α-hetero) is 1. The molecule has 12 nitrogen and oxygen atoms in total. The molecule has 2 aromatic carbocycles. The minimum absolute atomic E-state index is 0.00895. The third kappa shape index (κ3) is 8.27. The van der Waals surface area contributed by atoms with Gasteiger partial charge in [0.1, 0.15) is 24.2 Å². The van der Waals surface area contributed by atoms with Crippen LogP contribution < -0.4 is 4.74 Å². The lowest BCUT2D eigenvalue weighted by Gasteiger charge is -2.43. The molecule has 3 rings (SSSR count). The van der Waals surface area contributed by atoms with Gasteiger partial charge in [0.05, 0.1) is 5.56 Å². The zero-order valence-corrected chi connectivity index (χ0v) is 22.4. The maximum absolute atomic E-state index is 12.7. The van der Waals surface area contributed by atoms with Crippen molar-refractivity contribution in [1.82, 2.24) is 0 Å². The van der Waals surface area contributed by atoms with E-state index in [4.69, 9.17) is 28.4 Å². The van der Waals surface area contributed by atoms with Crippen molar-refractivity contribution in [3.63, 3.8) is 0 Å². The standard InChI is InChI=1S/C28H30O12/c1-15(29)35-14-24-25(36-16(2)30)26(37-17(3)31)27(38-18(4)32)28(40-24)39-20-10-11-21(23(34)13-20)22(33)12-19-8-6-5-7-9-19/h5-11,13,24-28,34H,12,14H2,1-4H3/t24-,25+,26-,27-,28-/m0/s1. The highest BCUT2D eigenvalue weighted by molar-refractivity contribution is 6.00. The second kappa shape index (κ2) is 13.6. The smallest absolute Gasteiger partial charge is 0.303 e. The first-order chi connectivity index (χ1) is 18.9. The molecule has 1 saturated heterocycles. The number of benzene rings is 2. The molecular formula is C28H30O12. The highest BCUT2D eigenvalue weighted by Crippen LogP contribution is 2.32. The Morgan fingerprint density at radius 3 is 1.95 bits per heavy atom. The maximum atomic E-state index is 12.7. The molecule has 0 saturated carbocycles. The molecule has 0 bridgehead atoms. The van der Waals surface area contributed by atoms with Gasteiger partial charge >= 0.3 is 23.9 Å². The second-order valence-corrected chi connectivity index (χ2v) is 8.95. The third-order valence-electron chi connectivity index (χ3n) is 5.68. The van der Waals surface area contributed by atoms with E-state index in [0.717, 1.165) is 33.3 Å². The molecule has 1 heterocycles. The fourth-order valence-electron chi connectivity index (χ4n) is 4.11. The predicted octanol–water partition coefficient (Wildman–Crippen LogP) is 2.28. The van der Waals surface area contributed by atoms with Gasteiger partial charge in [0.15, 0.2) is 18.0 Å². The molecule has 12 heteroatoms. The van der Waals surface area contributed by atoms with Gasteiger partial charge in [0.25, 0.3) is 0 Å². The lowest BCUT2D eigenvalue weighted by molar-refractivity contribution is -0.288. The van der Waals surface area contributed by atoms with Crippen LogP contribution in [-0.4, -0.2) is 72.1 Å². The molecular weight excluding hydrogens is 528 g/mol. The molecule has 2 aromatic rings. The van der Waals surface area contributed by atoms with E-state index in [1.165, 1.54) is 18.2 Å². The Morgan fingerprint density at radius 2 is 1.38 bits per heavy atom. The Hall–Kier alpha value is -4.45. The second-order valence-electron chi connectivity index (χ2n) is 8.95. The number of aromatic hydroxyl groups is 1. The maximum Gasteiger partial charge on any atom is 0.303 e. The summed E-state index contributed by atoms with van der Waals surface area (Å²) < 4.78 is 32.8. The zero-order chi connectivity index (χ0) is 29.4. The Labute approximate surface area is 230 Å². The SMILES string of the molecule is CC(=O)OC[C@@H]1O[C@H](Oc2ccc(C(=O)Cc3ccccc3)c(O)c2)[C@@H](OC(C)=O)[C@@H](OC(C)=O)[C@@H]1OC(C)=O. The van der Waals surface area contributed by atoms with Crippen LogP contribution in [0.15, 0.2) is 48.5 Å². The van der Waals surface area contributed by atoms with Gasteiger partial charge in [-0.1, -0.05) is 30.3 Å². The van der Waals surface area contributed by atoms with E-state index in [1.54, 1.807) is 24.3 Å². The van der Waals surface area contributed by atoms with Crippen LogP contribution in [0.4, 0.5) is 0 Å². The first kappa shape index (κ1) is 30.1. The van der Waals surface area contributed by atoms with Crippen molar-refractivity contribution in [3.8, 4) is 11.5 Å². The third-order valence-corrected chi connectivity index (χ3v) is 5.68. The van der Waals surface area contributed by atoms with Crippen molar-refractivity contribution in [2.45, 2.75) is 64.8 Å². The number of ether oxygens (including phenoxy) is 6. The summed E-state index contributed by atoms with van der Waals surface area (Å²) in [6.07, 6.45) is -6.81. The van der Waals surface area contributed by atoms with Gasteiger partial charge in [0, 0.05) is 40.2 Å². The van der Waals surface area contributed by atoms with E-state index in [9.17, 15) is 29.1 Å². The van der Waals surface area contributed by atoms with Gasteiger partial charge in [-0.05, 0) is 17.7 Å². The summed E-state index contributed by atoms with van der Waals surface area (Å²) in [7, 11) is 0. The summed E-state index contributed by atoms with van der Waals surface area (Å²) in [5, 5.41) is 10.6. The van der Waals surface area contributed by atoms with Crippen molar-refractivity contribution in [3.05, 3.63) is 59.7 Å². The fraction of sp³-hybridized carbons (Fsp3) is 0.393. The molecule has 0 spiro atoms. The minimum atomic E-state index is -1.48. The van der Waals surface area contributed by atoms with E-state index in [1.807, 2.05) is 6.07 Å². The summed E-state index contributed by atoms with van der Waals surface area (Å²) in [4.78, 5) is 60.0. The molecule has 5 atom stereocenters. The van der Waals surface area contributed by atoms with Crippen LogP contribution >= 0.6 is 0 Å². The van der Waals surface area contributed by atoms with Crippen molar-refractivity contribution in [1.29, 1.82) is 0 Å². The molecule has 0 radical (unpaired) electrons. The minimum Gasteiger partial charge on any atom is -0.507 e. The summed E-state index contributed by atoms with van der Waals surface area (Å²) in [5.74, 6) is -3.69. The van der Waals surface area contributed by atoms with E-state index in [-0.39, 0.29) is 29.3 Å². The molecule has 1 aliphatic rings. The lowest BCUT2D eigenvalue weighted by atomic mass is 9.98. The average molecular weight is 559 g/mol. The Kier molecular flexibility index (Phi) is 10.2. The summed E-state index contributed by atoms with van der Waals surface area (Å²) in [6, 6.07) is 12.9.